The molecule has 2 rings (SSSR count). The standard InChI is InChI=1S/C15H26N2OS2/c1-11(2)16-8-14-13(9-18-3)17-15(20-14)10-19-12-6-4-5-7-12/h11-12,16H,4-10H2,1-3H3. The summed E-state index contributed by atoms with van der Waals surface area (Å²) in [6.07, 6.45) is 5.60. The van der Waals surface area contributed by atoms with Crippen molar-refractivity contribution in [1.82, 2.24) is 10.3 Å². The minimum atomic E-state index is 0.504. The Morgan fingerprint density at radius 3 is 2.80 bits per heavy atom. The number of thiazole rings is 1. The van der Waals surface area contributed by atoms with Crippen molar-refractivity contribution in [3.63, 3.8) is 0 Å². The van der Waals surface area contributed by atoms with E-state index in [9.17, 15) is 0 Å². The van der Waals surface area contributed by atoms with Crippen molar-refractivity contribution in [1.29, 1.82) is 0 Å². The van der Waals surface area contributed by atoms with E-state index < -0.39 is 0 Å². The zero-order chi connectivity index (χ0) is 14.4. The van der Waals surface area contributed by atoms with Crippen LogP contribution in [-0.4, -0.2) is 23.4 Å². The largest absolute Gasteiger partial charge is 0.378 e. The lowest BCUT2D eigenvalue weighted by Crippen LogP contribution is -2.21. The van der Waals surface area contributed by atoms with E-state index in [1.165, 1.54) is 35.6 Å². The highest BCUT2D eigenvalue weighted by Gasteiger charge is 2.17. The normalized spacial score (nSPS) is 16.4. The Morgan fingerprint density at radius 2 is 2.15 bits per heavy atom. The topological polar surface area (TPSA) is 34.1 Å². The van der Waals surface area contributed by atoms with Crippen LogP contribution in [0, 0.1) is 0 Å². The van der Waals surface area contributed by atoms with Crippen molar-refractivity contribution in [2.75, 3.05) is 7.11 Å². The van der Waals surface area contributed by atoms with Crippen molar-refractivity contribution in [3.8, 4) is 0 Å². The first-order chi connectivity index (χ1) is 9.69. The molecule has 0 aromatic carbocycles. The molecule has 1 aliphatic carbocycles. The highest BCUT2D eigenvalue weighted by molar-refractivity contribution is 7.99. The highest BCUT2D eigenvalue weighted by atomic mass is 32.2. The average Bonchev–Trinajstić information content (AvgIpc) is 3.04. The molecule has 0 spiro atoms. The van der Waals surface area contributed by atoms with Gasteiger partial charge in [0.15, 0.2) is 0 Å². The predicted molar refractivity (Wildman–Crippen MR) is 88.4 cm³/mol. The molecule has 0 radical (unpaired) electrons. The Bertz CT molecular complexity index is 401. The number of methoxy groups -OCH3 is 1. The second-order valence-electron chi connectivity index (χ2n) is 5.66. The van der Waals surface area contributed by atoms with Crippen molar-refractivity contribution in [2.45, 2.75) is 69.7 Å². The van der Waals surface area contributed by atoms with E-state index in [0.717, 1.165) is 23.2 Å². The fraction of sp³-hybridized carbons (Fsp3) is 0.800. The zero-order valence-electron chi connectivity index (χ0n) is 12.8. The lowest BCUT2D eigenvalue weighted by molar-refractivity contribution is 0.181. The molecule has 0 saturated heterocycles. The van der Waals surface area contributed by atoms with Gasteiger partial charge >= 0.3 is 0 Å². The van der Waals surface area contributed by atoms with Gasteiger partial charge in [0, 0.05) is 35.6 Å². The molecule has 1 heterocycles. The molecule has 20 heavy (non-hydrogen) atoms. The molecule has 0 bridgehead atoms. The van der Waals surface area contributed by atoms with Crippen LogP contribution in [0.4, 0.5) is 0 Å². The van der Waals surface area contributed by atoms with Crippen molar-refractivity contribution < 1.29 is 4.74 Å². The van der Waals surface area contributed by atoms with Crippen LogP contribution in [-0.2, 0) is 23.6 Å². The lowest BCUT2D eigenvalue weighted by Gasteiger charge is -2.07. The van der Waals surface area contributed by atoms with Crippen LogP contribution in [0.1, 0.15) is 55.1 Å². The first-order valence-electron chi connectivity index (χ1n) is 7.50. The van der Waals surface area contributed by atoms with Crippen molar-refractivity contribution in [2.24, 2.45) is 0 Å². The molecule has 0 amide bonds. The molecule has 1 aromatic heterocycles. The molecular weight excluding hydrogens is 288 g/mol. The van der Waals surface area contributed by atoms with Gasteiger partial charge in [0.05, 0.1) is 12.3 Å². The minimum Gasteiger partial charge on any atom is -0.378 e. The molecule has 1 aliphatic rings. The van der Waals surface area contributed by atoms with Crippen LogP contribution in [0.15, 0.2) is 0 Å². The number of aromatic nitrogens is 1. The highest BCUT2D eigenvalue weighted by Crippen LogP contribution is 2.33. The van der Waals surface area contributed by atoms with Gasteiger partial charge in [-0.1, -0.05) is 26.7 Å². The van der Waals surface area contributed by atoms with Gasteiger partial charge in [-0.05, 0) is 12.8 Å². The van der Waals surface area contributed by atoms with E-state index in [-0.39, 0.29) is 0 Å². The summed E-state index contributed by atoms with van der Waals surface area (Å²) < 4.78 is 5.28. The van der Waals surface area contributed by atoms with Gasteiger partial charge < -0.3 is 10.1 Å². The second kappa shape index (κ2) is 8.37. The zero-order valence-corrected chi connectivity index (χ0v) is 14.4. The number of nitrogens with one attached hydrogen (secondary N) is 1. The summed E-state index contributed by atoms with van der Waals surface area (Å²) in [6, 6.07) is 0.504. The first kappa shape index (κ1) is 16.3. The van der Waals surface area contributed by atoms with Gasteiger partial charge in [0.25, 0.3) is 0 Å². The van der Waals surface area contributed by atoms with Gasteiger partial charge in [0.2, 0.25) is 0 Å². The molecule has 1 fully saturated rings. The maximum absolute atomic E-state index is 5.28. The van der Waals surface area contributed by atoms with Crippen LogP contribution >= 0.6 is 23.1 Å². The third-order valence-electron chi connectivity index (χ3n) is 3.52. The van der Waals surface area contributed by atoms with E-state index in [1.54, 1.807) is 7.11 Å². The van der Waals surface area contributed by atoms with Crippen LogP contribution in [0.5, 0.6) is 0 Å². The lowest BCUT2D eigenvalue weighted by atomic mass is 10.3. The van der Waals surface area contributed by atoms with Crippen LogP contribution in [0.3, 0.4) is 0 Å². The van der Waals surface area contributed by atoms with Crippen molar-refractivity contribution >= 4 is 23.1 Å². The molecule has 1 N–H and O–H groups in total. The smallest absolute Gasteiger partial charge is 0.103 e. The summed E-state index contributed by atoms with van der Waals surface area (Å²) in [5, 5.41) is 5.60. The molecule has 0 atom stereocenters. The fourth-order valence-corrected chi connectivity index (χ4v) is 4.79. The number of rotatable bonds is 8. The second-order valence-corrected chi connectivity index (χ2v) is 8.12. The van der Waals surface area contributed by atoms with E-state index in [4.69, 9.17) is 9.72 Å². The molecule has 5 heteroatoms. The summed E-state index contributed by atoms with van der Waals surface area (Å²) >= 11 is 3.94. The Kier molecular flexibility index (Phi) is 6.81. The third kappa shape index (κ3) is 5.02. The Labute approximate surface area is 130 Å². The van der Waals surface area contributed by atoms with Gasteiger partial charge in [-0.2, -0.15) is 11.8 Å². The van der Waals surface area contributed by atoms with E-state index in [1.807, 2.05) is 11.3 Å². The summed E-state index contributed by atoms with van der Waals surface area (Å²) in [4.78, 5) is 6.11. The molecule has 1 aromatic rings. The monoisotopic (exact) mass is 314 g/mol. The average molecular weight is 315 g/mol. The Hall–Kier alpha value is -0.100. The molecule has 1 saturated carbocycles. The molecule has 114 valence electrons. The van der Waals surface area contributed by atoms with Gasteiger partial charge in [-0.3, -0.25) is 0 Å². The minimum absolute atomic E-state index is 0.504. The molecular formula is C15H26N2OS2. The van der Waals surface area contributed by atoms with E-state index in [0.29, 0.717) is 12.6 Å². The van der Waals surface area contributed by atoms with Gasteiger partial charge in [-0.25, -0.2) is 4.98 Å². The van der Waals surface area contributed by atoms with Crippen LogP contribution in [0.2, 0.25) is 0 Å². The van der Waals surface area contributed by atoms with Gasteiger partial charge in [-0.15, -0.1) is 11.3 Å². The summed E-state index contributed by atoms with van der Waals surface area (Å²) in [5.74, 6) is 1.06. The predicted octanol–water partition coefficient (Wildman–Crippen LogP) is 3.96. The fourth-order valence-electron chi connectivity index (χ4n) is 2.43. The summed E-state index contributed by atoms with van der Waals surface area (Å²) in [6.45, 7) is 5.88. The molecule has 0 aliphatic heterocycles. The van der Waals surface area contributed by atoms with E-state index in [2.05, 4.69) is 30.9 Å². The van der Waals surface area contributed by atoms with Crippen LogP contribution < -0.4 is 5.32 Å². The maximum Gasteiger partial charge on any atom is 0.103 e. The Balaban J connectivity index is 1.92. The maximum atomic E-state index is 5.28. The Morgan fingerprint density at radius 1 is 1.40 bits per heavy atom. The number of ether oxygens (including phenoxy) is 1. The van der Waals surface area contributed by atoms with E-state index >= 15 is 0 Å². The number of hydrogen-bond donors (Lipinski definition) is 1. The van der Waals surface area contributed by atoms with Crippen LogP contribution in [0.25, 0.3) is 0 Å². The van der Waals surface area contributed by atoms with Crippen molar-refractivity contribution in [3.05, 3.63) is 15.6 Å². The summed E-state index contributed by atoms with van der Waals surface area (Å²) in [7, 11) is 1.74. The number of hydrogen-bond acceptors (Lipinski definition) is 5. The molecule has 0 unspecified atom stereocenters. The summed E-state index contributed by atoms with van der Waals surface area (Å²) in [5.41, 5.74) is 1.12. The first-order valence-corrected chi connectivity index (χ1v) is 9.37. The number of nitrogens with zero attached hydrogens (tertiary/aromatic N) is 1. The number of thioether (sulfide) groups is 1. The molecule has 3 nitrogen and oxygen atoms in total. The quantitative estimate of drug-likeness (QED) is 0.787. The SMILES string of the molecule is COCc1nc(CSC2CCCC2)sc1CNC(C)C. The third-order valence-corrected chi connectivity index (χ3v) is 6.18. The van der Waals surface area contributed by atoms with Gasteiger partial charge in [0.1, 0.15) is 5.01 Å².